The maximum Gasteiger partial charge on any atom is 0.266 e. The van der Waals surface area contributed by atoms with E-state index in [4.69, 9.17) is 11.6 Å². The molecule has 1 aliphatic rings. The molecule has 0 N–H and O–H groups in total. The molecule has 3 aromatic rings. The fourth-order valence-corrected chi connectivity index (χ4v) is 4.06. The lowest BCUT2D eigenvalue weighted by atomic mass is 10.0. The largest absolute Gasteiger partial charge is 0.290 e. The highest BCUT2D eigenvalue weighted by atomic mass is 35.5. The first-order chi connectivity index (χ1) is 14.0. The van der Waals surface area contributed by atoms with E-state index in [-0.39, 0.29) is 5.91 Å². The van der Waals surface area contributed by atoms with Crippen molar-refractivity contribution in [1.29, 1.82) is 0 Å². The molecule has 29 heavy (non-hydrogen) atoms. The topological polar surface area (TPSA) is 32.7 Å². The van der Waals surface area contributed by atoms with Gasteiger partial charge in [0.05, 0.1) is 10.6 Å². The van der Waals surface area contributed by atoms with Crippen molar-refractivity contribution in [2.45, 2.75) is 6.92 Å². The van der Waals surface area contributed by atoms with Crippen LogP contribution < -0.4 is 0 Å². The number of rotatable bonds is 3. The molecule has 1 fully saturated rings. The average Bonchev–Trinajstić information content (AvgIpc) is 2.99. The normalized spacial score (nSPS) is 16.8. The summed E-state index contributed by atoms with van der Waals surface area (Å²) < 4.78 is 0. The summed E-state index contributed by atoms with van der Waals surface area (Å²) in [6.45, 7) is 2.04. The predicted molar refractivity (Wildman–Crippen MR) is 124 cm³/mol. The van der Waals surface area contributed by atoms with E-state index in [9.17, 15) is 4.79 Å². The van der Waals surface area contributed by atoms with Gasteiger partial charge < -0.3 is 0 Å². The van der Waals surface area contributed by atoms with Crippen molar-refractivity contribution < 1.29 is 4.79 Å². The van der Waals surface area contributed by atoms with Crippen molar-refractivity contribution in [3.63, 3.8) is 0 Å². The van der Waals surface area contributed by atoms with Gasteiger partial charge in [-0.15, -0.1) is 0 Å². The summed E-state index contributed by atoms with van der Waals surface area (Å²) in [5, 5.41) is 1.40. The van der Waals surface area contributed by atoms with Crippen molar-refractivity contribution in [2.24, 2.45) is 4.99 Å². The van der Waals surface area contributed by atoms with E-state index in [0.717, 1.165) is 27.4 Å². The smallest absolute Gasteiger partial charge is 0.266 e. The quantitative estimate of drug-likeness (QED) is 0.452. The van der Waals surface area contributed by atoms with Crippen molar-refractivity contribution in [2.75, 3.05) is 7.05 Å². The van der Waals surface area contributed by atoms with Crippen LogP contribution in [0.5, 0.6) is 0 Å². The second-order valence-corrected chi connectivity index (χ2v) is 8.28. The number of amidine groups is 1. The van der Waals surface area contributed by atoms with Gasteiger partial charge in [0.15, 0.2) is 5.17 Å². The minimum absolute atomic E-state index is 0.0392. The van der Waals surface area contributed by atoms with Crippen molar-refractivity contribution in [1.82, 2.24) is 4.90 Å². The Balaban J connectivity index is 1.55. The van der Waals surface area contributed by atoms with Gasteiger partial charge in [-0.2, -0.15) is 0 Å². The zero-order valence-corrected chi connectivity index (χ0v) is 17.7. The summed E-state index contributed by atoms with van der Waals surface area (Å²) in [6.07, 6.45) is 1.91. The number of nitrogens with zero attached hydrogens (tertiary/aromatic N) is 2. The molecule has 3 nitrogen and oxygen atoms in total. The molecule has 0 atom stereocenters. The predicted octanol–water partition coefficient (Wildman–Crippen LogP) is 6.55. The SMILES string of the molecule is Cc1ccc(/N=C2/S/C(=C\c3ccc(-c4ccc(Cl)cc4)cc3)C(=O)N2C)cc1. The fraction of sp³-hybridized carbons (Fsp3) is 0.0833. The molecule has 0 unspecified atom stereocenters. The lowest BCUT2D eigenvalue weighted by Gasteiger charge is -2.07. The Labute approximate surface area is 179 Å². The van der Waals surface area contributed by atoms with Gasteiger partial charge in [-0.25, -0.2) is 4.99 Å². The molecular weight excluding hydrogens is 400 g/mol. The molecule has 0 aliphatic carbocycles. The highest BCUT2D eigenvalue weighted by molar-refractivity contribution is 8.18. The number of likely N-dealkylation sites (N-methyl/N-ethyl adjacent to an activating group) is 1. The Morgan fingerprint density at radius 1 is 0.897 bits per heavy atom. The van der Waals surface area contributed by atoms with E-state index in [1.807, 2.05) is 85.8 Å². The minimum atomic E-state index is -0.0392. The number of hydrogen-bond donors (Lipinski definition) is 0. The third-order valence-corrected chi connectivity index (χ3v) is 5.96. The number of hydrogen-bond acceptors (Lipinski definition) is 3. The van der Waals surface area contributed by atoms with Crippen LogP contribution >= 0.6 is 23.4 Å². The zero-order valence-electron chi connectivity index (χ0n) is 16.1. The molecule has 0 radical (unpaired) electrons. The van der Waals surface area contributed by atoms with Crippen LogP contribution in [0.2, 0.25) is 5.02 Å². The van der Waals surface area contributed by atoms with Crippen LogP contribution in [0.1, 0.15) is 11.1 Å². The Morgan fingerprint density at radius 2 is 1.48 bits per heavy atom. The molecule has 1 aliphatic heterocycles. The first kappa shape index (κ1) is 19.5. The number of halogens is 1. The molecular formula is C24H19ClN2OS. The molecule has 0 spiro atoms. The molecule has 1 saturated heterocycles. The molecule has 3 aromatic carbocycles. The molecule has 144 valence electrons. The minimum Gasteiger partial charge on any atom is -0.290 e. The second kappa shape index (κ2) is 8.27. The zero-order chi connectivity index (χ0) is 20.4. The number of carbonyl (C=O) groups is 1. The van der Waals surface area contributed by atoms with E-state index >= 15 is 0 Å². The van der Waals surface area contributed by atoms with Gasteiger partial charge in [0.2, 0.25) is 0 Å². The third-order valence-electron chi connectivity index (χ3n) is 4.65. The van der Waals surface area contributed by atoms with Crippen LogP contribution in [0.25, 0.3) is 17.2 Å². The summed E-state index contributed by atoms with van der Waals surface area (Å²) in [5.41, 5.74) is 5.20. The van der Waals surface area contributed by atoms with Gasteiger partial charge in [0.25, 0.3) is 5.91 Å². The fourth-order valence-electron chi connectivity index (χ4n) is 2.95. The number of benzene rings is 3. The van der Waals surface area contributed by atoms with Crippen molar-refractivity contribution in [3.8, 4) is 11.1 Å². The molecule has 0 aromatic heterocycles. The Hall–Kier alpha value is -2.82. The van der Waals surface area contributed by atoms with Gasteiger partial charge in [-0.3, -0.25) is 9.69 Å². The van der Waals surface area contributed by atoms with Gasteiger partial charge in [0.1, 0.15) is 0 Å². The van der Waals surface area contributed by atoms with Gasteiger partial charge in [0, 0.05) is 12.1 Å². The highest BCUT2D eigenvalue weighted by Crippen LogP contribution is 2.33. The number of aryl methyl sites for hydroxylation is 1. The Morgan fingerprint density at radius 3 is 2.10 bits per heavy atom. The number of aliphatic imine (C=N–C) groups is 1. The summed E-state index contributed by atoms with van der Waals surface area (Å²) in [4.78, 5) is 19.5. The molecule has 0 saturated carbocycles. The third kappa shape index (κ3) is 4.44. The van der Waals surface area contributed by atoms with Crippen molar-refractivity contribution in [3.05, 3.63) is 93.9 Å². The molecule has 4 rings (SSSR count). The van der Waals surface area contributed by atoms with Crippen LogP contribution in [0, 0.1) is 6.92 Å². The van der Waals surface area contributed by atoms with Crippen LogP contribution in [0.4, 0.5) is 5.69 Å². The Bertz CT molecular complexity index is 1100. The number of amides is 1. The van der Waals surface area contributed by atoms with E-state index in [1.165, 1.54) is 17.3 Å². The lowest BCUT2D eigenvalue weighted by molar-refractivity contribution is -0.121. The van der Waals surface area contributed by atoms with Crippen LogP contribution in [-0.4, -0.2) is 23.0 Å². The van der Waals surface area contributed by atoms with Gasteiger partial charge in [-0.05, 0) is 65.7 Å². The first-order valence-electron chi connectivity index (χ1n) is 9.18. The average molecular weight is 419 g/mol. The molecule has 1 heterocycles. The molecule has 1 amide bonds. The van der Waals surface area contributed by atoms with Gasteiger partial charge >= 0.3 is 0 Å². The molecule has 0 bridgehead atoms. The van der Waals surface area contributed by atoms with Gasteiger partial charge in [-0.1, -0.05) is 65.7 Å². The summed E-state index contributed by atoms with van der Waals surface area (Å²) in [7, 11) is 1.76. The van der Waals surface area contributed by atoms with E-state index < -0.39 is 0 Å². The van der Waals surface area contributed by atoms with Crippen molar-refractivity contribution >= 4 is 46.2 Å². The Kier molecular flexibility index (Phi) is 5.56. The summed E-state index contributed by atoms with van der Waals surface area (Å²) in [5.74, 6) is -0.0392. The maximum atomic E-state index is 12.6. The lowest BCUT2D eigenvalue weighted by Crippen LogP contribution is -2.23. The maximum absolute atomic E-state index is 12.6. The second-order valence-electron chi connectivity index (χ2n) is 6.83. The van der Waals surface area contributed by atoms with E-state index in [0.29, 0.717) is 10.1 Å². The van der Waals surface area contributed by atoms with E-state index in [2.05, 4.69) is 4.99 Å². The highest BCUT2D eigenvalue weighted by Gasteiger charge is 2.30. The standard InChI is InChI=1S/C24H19ClN2OS/c1-16-3-13-21(14-4-16)26-24-27(2)23(28)22(29-24)15-17-5-7-18(8-6-17)19-9-11-20(25)12-10-19/h3-15H,1-2H3/b22-15-,26-24+. The van der Waals surface area contributed by atoms with Crippen LogP contribution in [-0.2, 0) is 4.79 Å². The number of thioether (sulfide) groups is 1. The van der Waals surface area contributed by atoms with E-state index in [1.54, 1.807) is 11.9 Å². The summed E-state index contributed by atoms with van der Waals surface area (Å²) >= 11 is 7.35. The summed E-state index contributed by atoms with van der Waals surface area (Å²) in [6, 6.07) is 23.8. The monoisotopic (exact) mass is 418 g/mol. The molecule has 5 heteroatoms. The van der Waals surface area contributed by atoms with Crippen LogP contribution in [0.15, 0.2) is 82.7 Å². The van der Waals surface area contributed by atoms with Crippen LogP contribution in [0.3, 0.4) is 0 Å². The first-order valence-corrected chi connectivity index (χ1v) is 10.4. The number of carbonyl (C=O) groups excluding carboxylic acids is 1.